The molecule has 0 bridgehead atoms. The summed E-state index contributed by atoms with van der Waals surface area (Å²) < 4.78 is 0. The van der Waals surface area contributed by atoms with Gasteiger partial charge < -0.3 is 10.0 Å². The van der Waals surface area contributed by atoms with Gasteiger partial charge in [0.05, 0.1) is 0 Å². The third-order valence-electron chi connectivity index (χ3n) is 5.13. The molecule has 0 radical (unpaired) electrons. The lowest BCUT2D eigenvalue weighted by Gasteiger charge is -2.40. The topological polar surface area (TPSA) is 40.5 Å². The first-order chi connectivity index (χ1) is 10.1. The monoisotopic (exact) mass is 289 g/mol. The molecular formula is C18H27NO2. The van der Waals surface area contributed by atoms with Crippen molar-refractivity contribution < 1.29 is 9.90 Å². The van der Waals surface area contributed by atoms with E-state index in [-0.39, 0.29) is 17.9 Å². The van der Waals surface area contributed by atoms with E-state index in [1.54, 1.807) is 0 Å². The van der Waals surface area contributed by atoms with Crippen LogP contribution in [0.3, 0.4) is 0 Å². The van der Waals surface area contributed by atoms with E-state index in [0.29, 0.717) is 6.42 Å². The minimum absolute atomic E-state index is 0.0484. The molecule has 1 amide bonds. The fraction of sp³-hybridized carbons (Fsp3) is 0.611. The molecule has 0 unspecified atom stereocenters. The average Bonchev–Trinajstić information content (AvgIpc) is 2.54. The fourth-order valence-corrected chi connectivity index (χ4v) is 3.14. The molecule has 1 aromatic rings. The van der Waals surface area contributed by atoms with Crippen molar-refractivity contribution in [1.29, 1.82) is 0 Å². The number of hydrogen-bond donors (Lipinski definition) is 1. The largest absolute Gasteiger partial charge is 0.396 e. The van der Waals surface area contributed by atoms with Crippen LogP contribution in [0.5, 0.6) is 0 Å². The molecule has 0 saturated carbocycles. The van der Waals surface area contributed by atoms with Crippen LogP contribution in [0.25, 0.3) is 0 Å². The van der Waals surface area contributed by atoms with Crippen LogP contribution in [0.15, 0.2) is 24.3 Å². The van der Waals surface area contributed by atoms with Crippen LogP contribution in [-0.4, -0.2) is 35.6 Å². The summed E-state index contributed by atoms with van der Waals surface area (Å²) in [4.78, 5) is 14.3. The second-order valence-corrected chi connectivity index (χ2v) is 6.32. The van der Waals surface area contributed by atoms with Crippen LogP contribution in [-0.2, 0) is 11.2 Å². The summed E-state index contributed by atoms with van der Waals surface area (Å²) in [5.41, 5.74) is 2.57. The van der Waals surface area contributed by atoms with Gasteiger partial charge >= 0.3 is 0 Å². The van der Waals surface area contributed by atoms with Crippen molar-refractivity contribution in [2.75, 3.05) is 19.7 Å². The Morgan fingerprint density at radius 1 is 1.29 bits per heavy atom. The highest BCUT2D eigenvalue weighted by Gasteiger charge is 2.33. The van der Waals surface area contributed by atoms with Crippen LogP contribution in [0.2, 0.25) is 0 Å². The van der Waals surface area contributed by atoms with Gasteiger partial charge in [-0.05, 0) is 49.1 Å². The number of rotatable bonds is 5. The molecule has 1 fully saturated rings. The fourth-order valence-electron chi connectivity index (χ4n) is 3.14. The molecule has 1 N–H and O–H groups in total. The highest BCUT2D eigenvalue weighted by atomic mass is 16.3. The average molecular weight is 289 g/mol. The normalized spacial score (nSPS) is 17.8. The summed E-state index contributed by atoms with van der Waals surface area (Å²) in [7, 11) is 0. The molecule has 2 rings (SSSR count). The SMILES string of the molecule is CCC1(CO)CCN(C(=O)CCc2ccccc2C)CC1. The second kappa shape index (κ2) is 7.08. The Morgan fingerprint density at radius 2 is 1.95 bits per heavy atom. The molecule has 3 nitrogen and oxygen atoms in total. The number of carbonyl (C=O) groups excluding carboxylic acids is 1. The third kappa shape index (κ3) is 3.85. The maximum absolute atomic E-state index is 12.3. The minimum atomic E-state index is 0.0484. The minimum Gasteiger partial charge on any atom is -0.396 e. The van der Waals surface area contributed by atoms with Crippen LogP contribution in [0, 0.1) is 12.3 Å². The molecule has 1 heterocycles. The van der Waals surface area contributed by atoms with Gasteiger partial charge in [-0.3, -0.25) is 4.79 Å². The van der Waals surface area contributed by atoms with Gasteiger partial charge in [0.25, 0.3) is 0 Å². The predicted octanol–water partition coefficient (Wildman–Crippen LogP) is 2.94. The molecule has 1 saturated heterocycles. The van der Waals surface area contributed by atoms with Gasteiger partial charge in [0, 0.05) is 26.1 Å². The number of aliphatic hydroxyl groups excluding tert-OH is 1. The van der Waals surface area contributed by atoms with Crippen molar-refractivity contribution in [2.24, 2.45) is 5.41 Å². The number of carbonyl (C=O) groups is 1. The van der Waals surface area contributed by atoms with Gasteiger partial charge in [-0.1, -0.05) is 31.2 Å². The van der Waals surface area contributed by atoms with Crippen molar-refractivity contribution in [2.45, 2.75) is 46.0 Å². The van der Waals surface area contributed by atoms with Gasteiger partial charge in [-0.15, -0.1) is 0 Å². The molecule has 116 valence electrons. The molecule has 1 aromatic carbocycles. The van der Waals surface area contributed by atoms with E-state index in [9.17, 15) is 9.90 Å². The highest BCUT2D eigenvalue weighted by Crippen LogP contribution is 2.34. The molecule has 3 heteroatoms. The van der Waals surface area contributed by atoms with E-state index in [2.05, 4.69) is 26.0 Å². The number of aliphatic hydroxyl groups is 1. The Morgan fingerprint density at radius 3 is 2.52 bits per heavy atom. The lowest BCUT2D eigenvalue weighted by Crippen LogP contribution is -2.44. The molecule has 0 aromatic heterocycles. The van der Waals surface area contributed by atoms with Crippen LogP contribution < -0.4 is 0 Å². The van der Waals surface area contributed by atoms with Gasteiger partial charge in [0.2, 0.25) is 5.91 Å². The first-order valence-corrected chi connectivity index (χ1v) is 8.03. The summed E-state index contributed by atoms with van der Waals surface area (Å²) in [6.07, 6.45) is 4.25. The number of benzene rings is 1. The smallest absolute Gasteiger partial charge is 0.222 e. The number of piperidine rings is 1. The van der Waals surface area contributed by atoms with Crippen molar-refractivity contribution in [3.63, 3.8) is 0 Å². The summed E-state index contributed by atoms with van der Waals surface area (Å²) in [6, 6.07) is 8.26. The quantitative estimate of drug-likeness (QED) is 0.905. The van der Waals surface area contributed by atoms with Crippen molar-refractivity contribution in [1.82, 2.24) is 4.90 Å². The van der Waals surface area contributed by atoms with Crippen LogP contribution in [0.4, 0.5) is 0 Å². The zero-order valence-electron chi connectivity index (χ0n) is 13.3. The lowest BCUT2D eigenvalue weighted by atomic mass is 9.77. The number of nitrogens with zero attached hydrogens (tertiary/aromatic N) is 1. The van der Waals surface area contributed by atoms with E-state index in [1.807, 2.05) is 17.0 Å². The maximum Gasteiger partial charge on any atom is 0.222 e. The van der Waals surface area contributed by atoms with Gasteiger partial charge in [0.1, 0.15) is 0 Å². The van der Waals surface area contributed by atoms with E-state index >= 15 is 0 Å². The maximum atomic E-state index is 12.3. The third-order valence-corrected chi connectivity index (χ3v) is 5.13. The van der Waals surface area contributed by atoms with E-state index < -0.39 is 0 Å². The first kappa shape index (κ1) is 16.0. The Balaban J connectivity index is 1.84. The first-order valence-electron chi connectivity index (χ1n) is 8.03. The zero-order chi connectivity index (χ0) is 15.3. The van der Waals surface area contributed by atoms with Crippen LogP contribution in [0.1, 0.15) is 43.7 Å². The van der Waals surface area contributed by atoms with Gasteiger partial charge in [-0.25, -0.2) is 0 Å². The standard InChI is InChI=1S/C18H27NO2/c1-3-18(14-20)10-12-19(13-11-18)17(21)9-8-16-7-5-4-6-15(16)2/h4-7,20H,3,8-14H2,1-2H3. The number of aryl methyl sites for hydroxylation is 2. The van der Waals surface area contributed by atoms with Gasteiger partial charge in [-0.2, -0.15) is 0 Å². The molecular weight excluding hydrogens is 262 g/mol. The van der Waals surface area contributed by atoms with E-state index in [4.69, 9.17) is 0 Å². The van der Waals surface area contributed by atoms with Crippen molar-refractivity contribution >= 4 is 5.91 Å². The predicted molar refractivity (Wildman–Crippen MR) is 85.1 cm³/mol. The number of likely N-dealkylation sites (tertiary alicyclic amines) is 1. The van der Waals surface area contributed by atoms with Crippen molar-refractivity contribution in [3.8, 4) is 0 Å². The van der Waals surface area contributed by atoms with Gasteiger partial charge in [0.15, 0.2) is 0 Å². The molecule has 0 aliphatic carbocycles. The van der Waals surface area contributed by atoms with E-state index in [0.717, 1.165) is 38.8 Å². The molecule has 1 aliphatic heterocycles. The molecule has 1 aliphatic rings. The summed E-state index contributed by atoms with van der Waals surface area (Å²) in [6.45, 7) is 6.06. The zero-order valence-corrected chi connectivity index (χ0v) is 13.3. The summed E-state index contributed by atoms with van der Waals surface area (Å²) >= 11 is 0. The second-order valence-electron chi connectivity index (χ2n) is 6.32. The lowest BCUT2D eigenvalue weighted by molar-refractivity contribution is -0.134. The molecule has 21 heavy (non-hydrogen) atoms. The summed E-state index contributed by atoms with van der Waals surface area (Å²) in [5.74, 6) is 0.251. The van der Waals surface area contributed by atoms with Crippen LogP contribution >= 0.6 is 0 Å². The molecule has 0 atom stereocenters. The Labute approximate surface area is 128 Å². The Hall–Kier alpha value is -1.35. The Kier molecular flexibility index (Phi) is 5.40. The highest BCUT2D eigenvalue weighted by molar-refractivity contribution is 5.76. The number of hydrogen-bond acceptors (Lipinski definition) is 2. The summed E-state index contributed by atoms with van der Waals surface area (Å²) in [5, 5.41) is 9.55. The number of amides is 1. The Bertz CT molecular complexity index is 470. The van der Waals surface area contributed by atoms with E-state index in [1.165, 1.54) is 11.1 Å². The van der Waals surface area contributed by atoms with Crippen molar-refractivity contribution in [3.05, 3.63) is 35.4 Å². The molecule has 0 spiro atoms.